The van der Waals surface area contributed by atoms with Gasteiger partial charge in [0, 0.05) is 6.08 Å². The van der Waals surface area contributed by atoms with E-state index in [9.17, 15) is 19.7 Å². The predicted molar refractivity (Wildman–Crippen MR) is 136 cm³/mol. The largest absolute Gasteiger partial charge is 0.463 e. The van der Waals surface area contributed by atoms with Crippen molar-refractivity contribution in [2.24, 2.45) is 4.99 Å². The second-order valence-corrected chi connectivity index (χ2v) is 9.68. The van der Waals surface area contributed by atoms with Crippen molar-refractivity contribution in [3.05, 3.63) is 94.4 Å². The van der Waals surface area contributed by atoms with Crippen LogP contribution in [0.3, 0.4) is 0 Å². The normalized spacial score (nSPS) is 15.7. The van der Waals surface area contributed by atoms with Gasteiger partial charge in [-0.25, -0.2) is 9.79 Å². The van der Waals surface area contributed by atoms with Crippen LogP contribution in [0.1, 0.15) is 69.4 Å². The van der Waals surface area contributed by atoms with E-state index in [0.29, 0.717) is 32.9 Å². The Morgan fingerprint density at radius 1 is 1.25 bits per heavy atom. The van der Waals surface area contributed by atoms with Crippen LogP contribution < -0.4 is 14.9 Å². The molecule has 188 valence electrons. The van der Waals surface area contributed by atoms with Gasteiger partial charge in [0.25, 0.3) is 5.56 Å². The van der Waals surface area contributed by atoms with Gasteiger partial charge in [-0.2, -0.15) is 0 Å². The Bertz CT molecular complexity index is 1510. The van der Waals surface area contributed by atoms with Crippen molar-refractivity contribution in [2.45, 2.75) is 52.5 Å². The fourth-order valence-electron chi connectivity index (χ4n) is 4.15. The molecule has 0 spiro atoms. The van der Waals surface area contributed by atoms with Gasteiger partial charge < -0.3 is 9.15 Å². The summed E-state index contributed by atoms with van der Waals surface area (Å²) in [4.78, 5) is 42.3. The number of furan rings is 1. The number of allylic oxidation sites excluding steroid dienone is 1. The maximum absolute atomic E-state index is 13.6. The zero-order chi connectivity index (χ0) is 26.0. The van der Waals surface area contributed by atoms with Gasteiger partial charge in [0.15, 0.2) is 4.80 Å². The maximum Gasteiger partial charge on any atom is 0.433 e. The first kappa shape index (κ1) is 25.3. The zero-order valence-electron chi connectivity index (χ0n) is 20.5. The molecular weight excluding hydrogens is 482 g/mol. The standard InChI is InChI=1S/C26H27N3O6S/c1-5-7-19-22(25(31)34-6-2)23(17-10-8-16(9-11-17)15(3)4)28-24(30)20(36-26(28)27-19)14-18-12-13-21(35-18)29(32)33/h8-15,23H,5-7H2,1-4H3/b20-14-/t23-/m0/s1. The molecule has 0 unspecified atom stereocenters. The molecule has 10 heteroatoms. The van der Waals surface area contributed by atoms with Crippen LogP contribution in [0.5, 0.6) is 0 Å². The topological polar surface area (TPSA) is 117 Å². The van der Waals surface area contributed by atoms with Crippen LogP contribution >= 0.6 is 11.3 Å². The average Bonchev–Trinajstić information content (AvgIpc) is 3.43. The summed E-state index contributed by atoms with van der Waals surface area (Å²) in [7, 11) is 0. The van der Waals surface area contributed by atoms with Crippen LogP contribution in [0.15, 0.2) is 61.9 Å². The molecule has 36 heavy (non-hydrogen) atoms. The number of thiazole rings is 1. The Morgan fingerprint density at radius 3 is 2.56 bits per heavy atom. The van der Waals surface area contributed by atoms with Crippen molar-refractivity contribution in [1.82, 2.24) is 4.57 Å². The van der Waals surface area contributed by atoms with Crippen LogP contribution in [0.4, 0.5) is 5.88 Å². The Balaban J connectivity index is 1.95. The number of ether oxygens (including phenoxy) is 1. The van der Waals surface area contributed by atoms with E-state index in [1.807, 2.05) is 31.2 Å². The number of aromatic nitrogens is 1. The highest BCUT2D eigenvalue weighted by atomic mass is 32.1. The van der Waals surface area contributed by atoms with Gasteiger partial charge in [0.1, 0.15) is 10.7 Å². The second-order valence-electron chi connectivity index (χ2n) is 8.67. The molecule has 0 bridgehead atoms. The van der Waals surface area contributed by atoms with E-state index in [1.165, 1.54) is 22.8 Å². The van der Waals surface area contributed by atoms with Gasteiger partial charge in [0.2, 0.25) is 0 Å². The SMILES string of the molecule is CCCC1=C(C(=O)OCC)[C@H](c2ccc(C(C)C)cc2)n2c(s/c(=C\c3ccc([N+](=O)[O-])o3)c2=O)=N1. The zero-order valence-corrected chi connectivity index (χ0v) is 21.3. The minimum Gasteiger partial charge on any atom is -0.463 e. The van der Waals surface area contributed by atoms with Gasteiger partial charge in [-0.3, -0.25) is 19.5 Å². The van der Waals surface area contributed by atoms with E-state index in [1.54, 1.807) is 6.92 Å². The third-order valence-corrected chi connectivity index (χ3v) is 6.86. The molecule has 0 fully saturated rings. The lowest BCUT2D eigenvalue weighted by atomic mass is 9.92. The smallest absolute Gasteiger partial charge is 0.433 e. The third kappa shape index (κ3) is 4.81. The van der Waals surface area contributed by atoms with Crippen molar-refractivity contribution in [3.63, 3.8) is 0 Å². The van der Waals surface area contributed by atoms with Crippen molar-refractivity contribution >= 4 is 29.3 Å². The van der Waals surface area contributed by atoms with Crippen molar-refractivity contribution in [2.75, 3.05) is 6.61 Å². The molecule has 2 aromatic heterocycles. The summed E-state index contributed by atoms with van der Waals surface area (Å²) in [5.41, 5.74) is 2.49. The fraction of sp³-hybridized carbons (Fsp3) is 0.346. The molecule has 0 radical (unpaired) electrons. The van der Waals surface area contributed by atoms with E-state index < -0.39 is 22.8 Å². The summed E-state index contributed by atoms with van der Waals surface area (Å²) in [6.07, 6.45) is 2.76. The number of esters is 1. The Kier molecular flexibility index (Phi) is 7.35. The van der Waals surface area contributed by atoms with Crippen LogP contribution in [-0.2, 0) is 9.53 Å². The van der Waals surface area contributed by atoms with E-state index in [-0.39, 0.29) is 17.9 Å². The lowest BCUT2D eigenvalue weighted by Crippen LogP contribution is -2.40. The number of carbonyl (C=O) groups excluding carboxylic acids is 1. The molecule has 1 aliphatic heterocycles. The Labute approximate surface area is 211 Å². The first-order valence-electron chi connectivity index (χ1n) is 11.8. The van der Waals surface area contributed by atoms with Gasteiger partial charge in [0.05, 0.1) is 34.5 Å². The average molecular weight is 510 g/mol. The maximum atomic E-state index is 13.6. The molecule has 1 atom stereocenters. The molecule has 1 aliphatic rings. The molecule has 9 nitrogen and oxygen atoms in total. The minimum absolute atomic E-state index is 0.184. The first-order valence-corrected chi connectivity index (χ1v) is 12.6. The number of nitro groups is 1. The highest BCUT2D eigenvalue weighted by Crippen LogP contribution is 2.33. The molecule has 0 N–H and O–H groups in total. The summed E-state index contributed by atoms with van der Waals surface area (Å²) < 4.78 is 12.4. The monoisotopic (exact) mass is 509 g/mol. The molecule has 4 rings (SSSR count). The lowest BCUT2D eigenvalue weighted by molar-refractivity contribution is -0.402. The molecule has 3 heterocycles. The summed E-state index contributed by atoms with van der Waals surface area (Å²) in [5, 5.41) is 11.0. The highest BCUT2D eigenvalue weighted by Gasteiger charge is 2.34. The number of hydrogen-bond donors (Lipinski definition) is 0. The van der Waals surface area contributed by atoms with E-state index in [2.05, 4.69) is 13.8 Å². The second kappa shape index (κ2) is 10.4. The minimum atomic E-state index is -0.712. The fourth-order valence-corrected chi connectivity index (χ4v) is 5.15. The van der Waals surface area contributed by atoms with E-state index >= 15 is 0 Å². The molecule has 0 amide bonds. The summed E-state index contributed by atoms with van der Waals surface area (Å²) in [6.45, 7) is 8.13. The van der Waals surface area contributed by atoms with E-state index in [0.717, 1.165) is 28.9 Å². The lowest BCUT2D eigenvalue weighted by Gasteiger charge is -2.26. The van der Waals surface area contributed by atoms with Gasteiger partial charge in [-0.05, 0) is 36.5 Å². The third-order valence-electron chi connectivity index (χ3n) is 5.88. The Hall–Kier alpha value is -3.79. The van der Waals surface area contributed by atoms with Crippen molar-refractivity contribution < 1.29 is 18.9 Å². The first-order chi connectivity index (χ1) is 17.2. The molecule has 0 aliphatic carbocycles. The predicted octanol–water partition coefficient (Wildman–Crippen LogP) is 4.20. The summed E-state index contributed by atoms with van der Waals surface area (Å²) in [5.74, 6) is -0.400. The molecule has 1 aromatic carbocycles. The molecule has 0 saturated carbocycles. The van der Waals surface area contributed by atoms with E-state index in [4.69, 9.17) is 14.1 Å². The highest BCUT2D eigenvalue weighted by molar-refractivity contribution is 7.07. The molecular formula is C26H27N3O6S. The number of fused-ring (bicyclic) bond motifs is 1. The quantitative estimate of drug-likeness (QED) is 0.255. The molecule has 3 aromatic rings. The van der Waals surface area contributed by atoms with Crippen LogP contribution in [0.25, 0.3) is 6.08 Å². The summed E-state index contributed by atoms with van der Waals surface area (Å²) >= 11 is 1.15. The summed E-state index contributed by atoms with van der Waals surface area (Å²) in [6, 6.07) is 9.82. The number of rotatable bonds is 8. The number of hydrogen-bond acceptors (Lipinski definition) is 8. The molecule has 0 saturated heterocycles. The van der Waals surface area contributed by atoms with Crippen LogP contribution in [0.2, 0.25) is 0 Å². The number of carbonyl (C=O) groups is 1. The van der Waals surface area contributed by atoms with Crippen molar-refractivity contribution in [3.8, 4) is 0 Å². The van der Waals surface area contributed by atoms with Crippen molar-refractivity contribution in [1.29, 1.82) is 0 Å². The van der Waals surface area contributed by atoms with Gasteiger partial charge >= 0.3 is 11.9 Å². The number of benzene rings is 1. The Morgan fingerprint density at radius 2 is 1.97 bits per heavy atom. The number of nitrogens with zero attached hydrogens (tertiary/aromatic N) is 3. The van der Waals surface area contributed by atoms with Crippen LogP contribution in [0, 0.1) is 10.1 Å². The van der Waals surface area contributed by atoms with Gasteiger partial charge in [-0.15, -0.1) is 0 Å². The van der Waals surface area contributed by atoms with Crippen LogP contribution in [-0.4, -0.2) is 22.1 Å². The van der Waals surface area contributed by atoms with Gasteiger partial charge in [-0.1, -0.05) is 62.8 Å².